The van der Waals surface area contributed by atoms with E-state index < -0.39 is 0 Å². The number of hydrogen-bond donors (Lipinski definition) is 2. The summed E-state index contributed by atoms with van der Waals surface area (Å²) in [6, 6.07) is 0. The molecule has 1 aliphatic rings. The van der Waals surface area contributed by atoms with Crippen LogP contribution in [0.3, 0.4) is 0 Å². The van der Waals surface area contributed by atoms with E-state index in [9.17, 15) is 4.79 Å². The third-order valence-corrected chi connectivity index (χ3v) is 3.51. The van der Waals surface area contributed by atoms with Crippen molar-refractivity contribution in [3.8, 4) is 0 Å². The fourth-order valence-corrected chi connectivity index (χ4v) is 2.10. The highest BCUT2D eigenvalue weighted by Gasteiger charge is 2.28. The number of carbonyl (C=O) groups is 1. The molecular weight excluding hydrogens is 224 g/mol. The second-order valence-electron chi connectivity index (χ2n) is 5.44. The van der Waals surface area contributed by atoms with Crippen LogP contribution in [0.15, 0.2) is 0 Å². The Morgan fingerprint density at radius 2 is 1.61 bits per heavy atom. The first-order chi connectivity index (χ1) is 8.84. The lowest BCUT2D eigenvalue weighted by atomic mass is 10.1. The van der Waals surface area contributed by atoms with Crippen molar-refractivity contribution in [1.82, 2.24) is 10.6 Å². The molecule has 0 aromatic carbocycles. The van der Waals surface area contributed by atoms with Crippen LogP contribution in [-0.2, 0) is 4.79 Å². The molecule has 2 N–H and O–H groups in total. The van der Waals surface area contributed by atoms with Gasteiger partial charge in [-0.2, -0.15) is 0 Å². The summed E-state index contributed by atoms with van der Waals surface area (Å²) in [5.41, 5.74) is 0. The van der Waals surface area contributed by atoms with E-state index in [0.717, 1.165) is 32.5 Å². The van der Waals surface area contributed by atoms with Gasteiger partial charge in [-0.25, -0.2) is 0 Å². The molecule has 18 heavy (non-hydrogen) atoms. The van der Waals surface area contributed by atoms with Crippen molar-refractivity contribution in [3.05, 3.63) is 0 Å². The molecule has 1 rings (SSSR count). The van der Waals surface area contributed by atoms with Gasteiger partial charge in [0, 0.05) is 19.0 Å². The van der Waals surface area contributed by atoms with Crippen LogP contribution in [0.5, 0.6) is 0 Å². The highest BCUT2D eigenvalue weighted by molar-refractivity contribution is 5.80. The molecule has 0 atom stereocenters. The fourth-order valence-electron chi connectivity index (χ4n) is 2.10. The van der Waals surface area contributed by atoms with Gasteiger partial charge in [-0.05, 0) is 25.8 Å². The number of carbonyl (C=O) groups excluding carboxylic acids is 1. The maximum absolute atomic E-state index is 11.3. The predicted octanol–water partition coefficient (Wildman–Crippen LogP) is 2.85. The van der Waals surface area contributed by atoms with Crippen LogP contribution in [0.2, 0.25) is 0 Å². The molecule has 0 aliphatic heterocycles. The molecule has 1 fully saturated rings. The molecule has 0 spiro atoms. The second-order valence-corrected chi connectivity index (χ2v) is 5.44. The van der Waals surface area contributed by atoms with Gasteiger partial charge in [0.2, 0.25) is 5.91 Å². The van der Waals surface area contributed by atoms with Crippen molar-refractivity contribution in [2.45, 2.75) is 64.7 Å². The van der Waals surface area contributed by atoms with Gasteiger partial charge in [0.15, 0.2) is 0 Å². The predicted molar refractivity (Wildman–Crippen MR) is 76.6 cm³/mol. The number of hydrogen-bond acceptors (Lipinski definition) is 2. The Labute approximate surface area is 112 Å². The Bertz CT molecular complexity index is 215. The van der Waals surface area contributed by atoms with Crippen LogP contribution in [0.1, 0.15) is 64.7 Å². The standard InChI is InChI=1S/C15H30N2O/c1-2-3-4-5-6-7-8-11-16-12-13-17-15(18)14-9-10-14/h14,16H,2-13H2,1H3,(H,17,18). The monoisotopic (exact) mass is 254 g/mol. The minimum Gasteiger partial charge on any atom is -0.355 e. The Balaban J connectivity index is 1.69. The minimum absolute atomic E-state index is 0.257. The van der Waals surface area contributed by atoms with Crippen molar-refractivity contribution in [2.24, 2.45) is 5.92 Å². The zero-order valence-corrected chi connectivity index (χ0v) is 12.0. The van der Waals surface area contributed by atoms with Crippen molar-refractivity contribution >= 4 is 5.91 Å². The smallest absolute Gasteiger partial charge is 0.223 e. The molecule has 0 bridgehead atoms. The van der Waals surface area contributed by atoms with E-state index in [1.165, 1.54) is 44.9 Å². The zero-order valence-electron chi connectivity index (χ0n) is 12.0. The SMILES string of the molecule is CCCCCCCCCNCCNC(=O)C1CC1. The number of rotatable bonds is 12. The van der Waals surface area contributed by atoms with Crippen molar-refractivity contribution in [1.29, 1.82) is 0 Å². The largest absolute Gasteiger partial charge is 0.355 e. The van der Waals surface area contributed by atoms with Gasteiger partial charge >= 0.3 is 0 Å². The first kappa shape index (κ1) is 15.5. The highest BCUT2D eigenvalue weighted by atomic mass is 16.2. The first-order valence-corrected chi connectivity index (χ1v) is 7.83. The molecule has 0 saturated heterocycles. The van der Waals surface area contributed by atoms with Gasteiger partial charge < -0.3 is 10.6 Å². The van der Waals surface area contributed by atoms with E-state index in [-0.39, 0.29) is 5.91 Å². The zero-order chi connectivity index (χ0) is 13.1. The van der Waals surface area contributed by atoms with Gasteiger partial charge in [-0.15, -0.1) is 0 Å². The van der Waals surface area contributed by atoms with E-state index >= 15 is 0 Å². The van der Waals surface area contributed by atoms with Crippen molar-refractivity contribution < 1.29 is 4.79 Å². The van der Waals surface area contributed by atoms with Crippen LogP contribution in [0.25, 0.3) is 0 Å². The number of nitrogens with one attached hydrogen (secondary N) is 2. The Morgan fingerprint density at radius 3 is 2.28 bits per heavy atom. The van der Waals surface area contributed by atoms with Crippen LogP contribution in [-0.4, -0.2) is 25.5 Å². The summed E-state index contributed by atoms with van der Waals surface area (Å²) in [7, 11) is 0. The third-order valence-electron chi connectivity index (χ3n) is 3.51. The number of unbranched alkanes of at least 4 members (excludes halogenated alkanes) is 6. The summed E-state index contributed by atoms with van der Waals surface area (Å²) in [6.07, 6.45) is 11.7. The maximum Gasteiger partial charge on any atom is 0.223 e. The molecule has 3 nitrogen and oxygen atoms in total. The first-order valence-electron chi connectivity index (χ1n) is 7.83. The molecule has 1 aliphatic carbocycles. The normalized spacial score (nSPS) is 14.7. The molecule has 1 saturated carbocycles. The van der Waals surface area contributed by atoms with Gasteiger partial charge in [-0.3, -0.25) is 4.79 Å². The third kappa shape index (κ3) is 8.51. The van der Waals surface area contributed by atoms with Crippen LogP contribution in [0.4, 0.5) is 0 Å². The van der Waals surface area contributed by atoms with Crippen molar-refractivity contribution in [3.63, 3.8) is 0 Å². The lowest BCUT2D eigenvalue weighted by Crippen LogP contribution is -2.33. The summed E-state index contributed by atoms with van der Waals surface area (Å²) in [5, 5.41) is 6.36. The van der Waals surface area contributed by atoms with Gasteiger partial charge in [-0.1, -0.05) is 45.4 Å². The number of amides is 1. The van der Waals surface area contributed by atoms with Gasteiger partial charge in [0.25, 0.3) is 0 Å². The Morgan fingerprint density at radius 1 is 0.944 bits per heavy atom. The molecule has 0 heterocycles. The molecule has 1 amide bonds. The Hall–Kier alpha value is -0.570. The molecule has 0 aromatic rings. The summed E-state index contributed by atoms with van der Waals surface area (Å²) in [4.78, 5) is 11.3. The van der Waals surface area contributed by atoms with Crippen molar-refractivity contribution in [2.75, 3.05) is 19.6 Å². The quantitative estimate of drug-likeness (QED) is 0.526. The van der Waals surface area contributed by atoms with E-state index in [4.69, 9.17) is 0 Å². The van der Waals surface area contributed by atoms with E-state index in [2.05, 4.69) is 17.6 Å². The average Bonchev–Trinajstić information content (AvgIpc) is 3.20. The Kier molecular flexibility index (Phi) is 8.92. The topological polar surface area (TPSA) is 41.1 Å². The minimum atomic E-state index is 0.257. The summed E-state index contributed by atoms with van der Waals surface area (Å²) < 4.78 is 0. The second kappa shape index (κ2) is 10.4. The van der Waals surface area contributed by atoms with Gasteiger partial charge in [0.05, 0.1) is 0 Å². The van der Waals surface area contributed by atoms with E-state index in [1.54, 1.807) is 0 Å². The van der Waals surface area contributed by atoms with Crippen LogP contribution < -0.4 is 10.6 Å². The lowest BCUT2D eigenvalue weighted by Gasteiger charge is -2.06. The molecule has 106 valence electrons. The average molecular weight is 254 g/mol. The molecule has 0 aromatic heterocycles. The maximum atomic E-state index is 11.3. The molecular formula is C15H30N2O. The molecule has 3 heteroatoms. The summed E-state index contributed by atoms with van der Waals surface area (Å²) in [5.74, 6) is 0.598. The fraction of sp³-hybridized carbons (Fsp3) is 0.933. The van der Waals surface area contributed by atoms with Crippen LogP contribution >= 0.6 is 0 Å². The van der Waals surface area contributed by atoms with Crippen LogP contribution in [0, 0.1) is 5.92 Å². The summed E-state index contributed by atoms with van der Waals surface area (Å²) >= 11 is 0. The van der Waals surface area contributed by atoms with Gasteiger partial charge in [0.1, 0.15) is 0 Å². The lowest BCUT2D eigenvalue weighted by molar-refractivity contribution is -0.122. The summed E-state index contributed by atoms with van der Waals surface area (Å²) in [6.45, 7) is 5.04. The highest BCUT2D eigenvalue weighted by Crippen LogP contribution is 2.28. The van der Waals surface area contributed by atoms with E-state index in [1.807, 2.05) is 0 Å². The van der Waals surface area contributed by atoms with E-state index in [0.29, 0.717) is 5.92 Å². The molecule has 0 unspecified atom stereocenters. The molecule has 0 radical (unpaired) electrons.